The number of hydrogen-bond acceptors (Lipinski definition) is 2. The molecule has 0 aliphatic carbocycles. The molecule has 0 radical (unpaired) electrons. The van der Waals surface area contributed by atoms with Crippen molar-refractivity contribution < 1.29 is 19.8 Å². The number of aliphatic carboxylic acids is 2. The van der Waals surface area contributed by atoms with Crippen molar-refractivity contribution in [1.29, 1.82) is 0 Å². The van der Waals surface area contributed by atoms with Gasteiger partial charge in [-0.2, -0.15) is 0 Å². The third kappa shape index (κ3) is 4.81. The van der Waals surface area contributed by atoms with E-state index >= 15 is 0 Å². The van der Waals surface area contributed by atoms with Gasteiger partial charge in [-0.3, -0.25) is 0 Å². The molecule has 0 aromatic carbocycles. The van der Waals surface area contributed by atoms with E-state index in [2.05, 4.69) is 13.2 Å². The molecule has 15 heavy (non-hydrogen) atoms. The summed E-state index contributed by atoms with van der Waals surface area (Å²) < 4.78 is 0. The quantitative estimate of drug-likeness (QED) is 0.496. The summed E-state index contributed by atoms with van der Waals surface area (Å²) in [5.41, 5.74) is -0.123. The van der Waals surface area contributed by atoms with E-state index in [0.29, 0.717) is 12.8 Å². The summed E-state index contributed by atoms with van der Waals surface area (Å²) in [6.45, 7) is 7.00. The minimum absolute atomic E-state index is 0.123. The molecule has 0 saturated carbocycles. The van der Waals surface area contributed by atoms with Gasteiger partial charge in [-0.1, -0.05) is 12.2 Å². The van der Waals surface area contributed by atoms with Crippen LogP contribution in [0.25, 0.3) is 0 Å². The number of carboxylic acids is 2. The molecule has 0 aliphatic rings. The molecule has 0 aromatic heterocycles. The molecule has 0 atom stereocenters. The Morgan fingerprint density at radius 3 is 1.87 bits per heavy atom. The summed E-state index contributed by atoms with van der Waals surface area (Å²) in [6.07, 6.45) is 4.68. The Bertz CT molecular complexity index is 292. The number of carbonyl (C=O) groups is 2. The highest BCUT2D eigenvalue weighted by Gasteiger charge is 2.19. The highest BCUT2D eigenvalue weighted by Crippen LogP contribution is 2.20. The maximum Gasteiger partial charge on any atom is 0.332 e. The SMILES string of the molecule is C=CCC(CC=C)C(=CC(=O)O)C(=O)O. The highest BCUT2D eigenvalue weighted by atomic mass is 16.4. The Balaban J connectivity index is 4.98. The van der Waals surface area contributed by atoms with Crippen LogP contribution in [0.1, 0.15) is 12.8 Å². The lowest BCUT2D eigenvalue weighted by molar-refractivity contribution is -0.135. The maximum absolute atomic E-state index is 10.8. The smallest absolute Gasteiger partial charge is 0.332 e. The topological polar surface area (TPSA) is 74.6 Å². The van der Waals surface area contributed by atoms with E-state index in [1.807, 2.05) is 0 Å². The third-order valence-corrected chi connectivity index (χ3v) is 1.87. The van der Waals surface area contributed by atoms with Crippen molar-refractivity contribution >= 4 is 11.9 Å². The van der Waals surface area contributed by atoms with E-state index in [1.54, 1.807) is 12.2 Å². The fraction of sp³-hybridized carbons (Fsp3) is 0.273. The molecule has 0 bridgehead atoms. The van der Waals surface area contributed by atoms with E-state index in [4.69, 9.17) is 10.2 Å². The minimum atomic E-state index is -1.26. The predicted molar refractivity (Wildman–Crippen MR) is 56.5 cm³/mol. The van der Waals surface area contributed by atoms with Crippen LogP contribution in [0.5, 0.6) is 0 Å². The Morgan fingerprint density at radius 2 is 1.60 bits per heavy atom. The van der Waals surface area contributed by atoms with Gasteiger partial charge in [-0.05, 0) is 18.8 Å². The molecule has 4 nitrogen and oxygen atoms in total. The average molecular weight is 210 g/mol. The lowest BCUT2D eigenvalue weighted by Gasteiger charge is -2.12. The Labute approximate surface area is 88.2 Å². The lowest BCUT2D eigenvalue weighted by Crippen LogP contribution is -2.13. The normalized spacial score (nSPS) is 11.1. The van der Waals surface area contributed by atoms with Gasteiger partial charge in [0.25, 0.3) is 0 Å². The van der Waals surface area contributed by atoms with Crippen molar-refractivity contribution in [3.05, 3.63) is 37.0 Å². The van der Waals surface area contributed by atoms with E-state index in [-0.39, 0.29) is 11.5 Å². The Morgan fingerprint density at radius 1 is 1.13 bits per heavy atom. The van der Waals surface area contributed by atoms with Crippen LogP contribution in [0.15, 0.2) is 37.0 Å². The lowest BCUT2D eigenvalue weighted by atomic mass is 9.92. The van der Waals surface area contributed by atoms with Crippen LogP contribution in [-0.2, 0) is 9.59 Å². The average Bonchev–Trinajstić information content (AvgIpc) is 2.13. The van der Waals surface area contributed by atoms with Gasteiger partial charge in [0.15, 0.2) is 0 Å². The third-order valence-electron chi connectivity index (χ3n) is 1.87. The molecule has 0 saturated heterocycles. The molecule has 82 valence electrons. The van der Waals surface area contributed by atoms with E-state index in [0.717, 1.165) is 6.08 Å². The first kappa shape index (κ1) is 13.2. The molecule has 2 N–H and O–H groups in total. The summed E-state index contributed by atoms with van der Waals surface area (Å²) in [6, 6.07) is 0. The molecule has 0 rings (SSSR count). The molecular formula is C11H14O4. The van der Waals surface area contributed by atoms with Crippen molar-refractivity contribution in [1.82, 2.24) is 0 Å². The van der Waals surface area contributed by atoms with Gasteiger partial charge in [0.05, 0.1) is 0 Å². The van der Waals surface area contributed by atoms with Gasteiger partial charge in [-0.15, -0.1) is 13.2 Å². The first-order valence-corrected chi connectivity index (χ1v) is 4.42. The molecule has 0 aliphatic heterocycles. The van der Waals surface area contributed by atoms with Gasteiger partial charge in [0.1, 0.15) is 0 Å². The van der Waals surface area contributed by atoms with Gasteiger partial charge in [-0.25, -0.2) is 9.59 Å². The van der Waals surface area contributed by atoms with Crippen molar-refractivity contribution in [2.75, 3.05) is 0 Å². The second kappa shape index (κ2) is 6.59. The Hall–Kier alpha value is -1.84. The summed E-state index contributed by atoms with van der Waals surface area (Å²) >= 11 is 0. The zero-order valence-corrected chi connectivity index (χ0v) is 8.35. The molecule has 0 aromatic rings. The van der Waals surface area contributed by atoms with Gasteiger partial charge >= 0.3 is 11.9 Å². The van der Waals surface area contributed by atoms with Crippen LogP contribution < -0.4 is 0 Å². The first-order valence-electron chi connectivity index (χ1n) is 4.42. The van der Waals surface area contributed by atoms with Gasteiger partial charge in [0.2, 0.25) is 0 Å². The van der Waals surface area contributed by atoms with Crippen LogP contribution in [0.3, 0.4) is 0 Å². The van der Waals surface area contributed by atoms with E-state index in [9.17, 15) is 9.59 Å². The van der Waals surface area contributed by atoms with Crippen LogP contribution >= 0.6 is 0 Å². The molecular weight excluding hydrogens is 196 g/mol. The van der Waals surface area contributed by atoms with Crippen molar-refractivity contribution in [3.63, 3.8) is 0 Å². The van der Waals surface area contributed by atoms with Crippen molar-refractivity contribution in [2.24, 2.45) is 5.92 Å². The van der Waals surface area contributed by atoms with Gasteiger partial charge in [0, 0.05) is 11.6 Å². The Kier molecular flexibility index (Phi) is 5.78. The highest BCUT2D eigenvalue weighted by molar-refractivity contribution is 5.95. The van der Waals surface area contributed by atoms with Crippen LogP contribution in [0.2, 0.25) is 0 Å². The molecule has 0 heterocycles. The summed E-state index contributed by atoms with van der Waals surface area (Å²) in [7, 11) is 0. The number of allylic oxidation sites excluding steroid dienone is 2. The van der Waals surface area contributed by atoms with Crippen LogP contribution in [0.4, 0.5) is 0 Å². The number of rotatable bonds is 7. The summed E-state index contributed by atoms with van der Waals surface area (Å²) in [4.78, 5) is 21.3. The molecule has 4 heteroatoms. The maximum atomic E-state index is 10.8. The van der Waals surface area contributed by atoms with Crippen LogP contribution in [0, 0.1) is 5.92 Å². The second-order valence-electron chi connectivity index (χ2n) is 2.99. The summed E-state index contributed by atoms with van der Waals surface area (Å²) in [5.74, 6) is -2.86. The predicted octanol–water partition coefficient (Wildman–Crippen LogP) is 1.85. The minimum Gasteiger partial charge on any atom is -0.478 e. The second-order valence-corrected chi connectivity index (χ2v) is 2.99. The fourth-order valence-corrected chi connectivity index (χ4v) is 1.24. The molecule has 0 amide bonds. The number of carboxylic acid groups (broad SMARTS) is 2. The van der Waals surface area contributed by atoms with Crippen LogP contribution in [-0.4, -0.2) is 22.2 Å². The van der Waals surface area contributed by atoms with E-state index in [1.165, 1.54) is 0 Å². The van der Waals surface area contributed by atoms with Gasteiger partial charge < -0.3 is 10.2 Å². The fourth-order valence-electron chi connectivity index (χ4n) is 1.24. The molecule has 0 unspecified atom stereocenters. The monoisotopic (exact) mass is 210 g/mol. The van der Waals surface area contributed by atoms with Crippen molar-refractivity contribution in [2.45, 2.75) is 12.8 Å². The zero-order valence-electron chi connectivity index (χ0n) is 8.35. The molecule has 0 spiro atoms. The zero-order chi connectivity index (χ0) is 11.8. The van der Waals surface area contributed by atoms with E-state index < -0.39 is 11.9 Å². The molecule has 0 fully saturated rings. The summed E-state index contributed by atoms with van der Waals surface area (Å²) in [5, 5.41) is 17.4. The first-order chi connectivity index (χ1) is 7.02. The largest absolute Gasteiger partial charge is 0.478 e. The standard InChI is InChI=1S/C11H14O4/c1-3-5-8(6-4-2)9(11(14)15)7-10(12)13/h3-4,7-8H,1-2,5-6H2,(H,12,13)(H,14,15). The van der Waals surface area contributed by atoms with Crippen molar-refractivity contribution in [3.8, 4) is 0 Å². The number of hydrogen-bond donors (Lipinski definition) is 2.